The number of halogens is 1. The van der Waals surface area contributed by atoms with Crippen molar-refractivity contribution in [2.24, 2.45) is 0 Å². The molecule has 3 heteroatoms. The quantitative estimate of drug-likeness (QED) is 0.279. The lowest BCUT2D eigenvalue weighted by atomic mass is 9.95. The average molecular weight is 453 g/mol. The third-order valence-corrected chi connectivity index (χ3v) is 10.6. The standard InChI is InChI=1S/C25H29BrOSi/c1-25(2,3)28(4,5)27-24-22(20-12-8-6-9-13-20)16-19(18-26)17-23(24)21-14-10-7-11-15-21/h6-17H,18H2,1-5H3. The Morgan fingerprint density at radius 1 is 0.786 bits per heavy atom. The van der Waals surface area contributed by atoms with Crippen molar-refractivity contribution in [2.75, 3.05) is 0 Å². The van der Waals surface area contributed by atoms with E-state index in [0.29, 0.717) is 0 Å². The molecule has 3 aromatic carbocycles. The minimum atomic E-state index is -2.01. The highest BCUT2D eigenvalue weighted by molar-refractivity contribution is 9.08. The highest BCUT2D eigenvalue weighted by Gasteiger charge is 2.40. The molecule has 3 rings (SSSR count). The minimum Gasteiger partial charge on any atom is -0.543 e. The topological polar surface area (TPSA) is 9.23 Å². The molecular weight excluding hydrogens is 424 g/mol. The first-order valence-electron chi connectivity index (χ1n) is 9.76. The second kappa shape index (κ2) is 8.26. The maximum absolute atomic E-state index is 6.96. The van der Waals surface area contributed by atoms with Crippen molar-refractivity contribution in [2.45, 2.75) is 44.2 Å². The summed E-state index contributed by atoms with van der Waals surface area (Å²) < 4.78 is 6.96. The maximum atomic E-state index is 6.96. The average Bonchev–Trinajstić information content (AvgIpc) is 2.68. The Balaban J connectivity index is 2.29. The molecule has 0 saturated heterocycles. The molecule has 0 atom stereocenters. The lowest BCUT2D eigenvalue weighted by Crippen LogP contribution is -2.44. The Kier molecular flexibility index (Phi) is 6.16. The van der Waals surface area contributed by atoms with Crippen molar-refractivity contribution in [1.29, 1.82) is 0 Å². The molecule has 0 unspecified atom stereocenters. The summed E-state index contributed by atoms with van der Waals surface area (Å²) in [7, 11) is -2.01. The fourth-order valence-electron chi connectivity index (χ4n) is 2.95. The van der Waals surface area contributed by atoms with E-state index in [1.165, 1.54) is 27.8 Å². The Morgan fingerprint density at radius 3 is 1.57 bits per heavy atom. The summed E-state index contributed by atoms with van der Waals surface area (Å²) in [5, 5.41) is 0.941. The van der Waals surface area contributed by atoms with Crippen LogP contribution in [0.2, 0.25) is 18.1 Å². The molecule has 0 radical (unpaired) electrons. The molecule has 0 aliphatic rings. The van der Waals surface area contributed by atoms with Crippen LogP contribution in [0.25, 0.3) is 22.3 Å². The second-order valence-corrected chi connectivity index (χ2v) is 14.0. The lowest BCUT2D eigenvalue weighted by Gasteiger charge is -2.38. The molecule has 0 aliphatic heterocycles. The fraction of sp³-hybridized carbons (Fsp3) is 0.280. The van der Waals surface area contributed by atoms with Crippen LogP contribution < -0.4 is 4.43 Å². The SMILES string of the molecule is CC(C)(C)[Si](C)(C)Oc1c(-c2ccccc2)cc(CBr)cc1-c1ccccc1. The highest BCUT2D eigenvalue weighted by atomic mass is 79.9. The Hall–Kier alpha value is -1.84. The van der Waals surface area contributed by atoms with Crippen LogP contribution in [-0.4, -0.2) is 8.32 Å². The van der Waals surface area contributed by atoms with Gasteiger partial charge in [0.25, 0.3) is 8.32 Å². The molecule has 0 bridgehead atoms. The van der Waals surface area contributed by atoms with E-state index in [2.05, 4.69) is 123 Å². The van der Waals surface area contributed by atoms with Crippen molar-refractivity contribution in [3.05, 3.63) is 78.4 Å². The Labute approximate surface area is 179 Å². The molecule has 0 aliphatic carbocycles. The van der Waals surface area contributed by atoms with Crippen molar-refractivity contribution in [1.82, 2.24) is 0 Å². The van der Waals surface area contributed by atoms with Gasteiger partial charge in [-0.2, -0.15) is 0 Å². The van der Waals surface area contributed by atoms with Gasteiger partial charge in [0.1, 0.15) is 5.75 Å². The maximum Gasteiger partial charge on any atom is 0.250 e. The van der Waals surface area contributed by atoms with Gasteiger partial charge in [-0.25, -0.2) is 0 Å². The van der Waals surface area contributed by atoms with E-state index < -0.39 is 8.32 Å². The first-order valence-corrected chi connectivity index (χ1v) is 13.8. The summed E-state index contributed by atoms with van der Waals surface area (Å²) >= 11 is 3.66. The van der Waals surface area contributed by atoms with E-state index in [-0.39, 0.29) is 5.04 Å². The Morgan fingerprint density at radius 2 is 1.21 bits per heavy atom. The number of hydrogen-bond donors (Lipinski definition) is 0. The van der Waals surface area contributed by atoms with Crippen LogP contribution in [-0.2, 0) is 5.33 Å². The van der Waals surface area contributed by atoms with Gasteiger partial charge in [0.05, 0.1) is 0 Å². The van der Waals surface area contributed by atoms with Crippen LogP contribution in [0.3, 0.4) is 0 Å². The summed E-state index contributed by atoms with van der Waals surface area (Å²) in [6.07, 6.45) is 0. The number of alkyl halides is 1. The summed E-state index contributed by atoms with van der Waals surface area (Å²) in [6, 6.07) is 25.7. The molecule has 0 saturated carbocycles. The van der Waals surface area contributed by atoms with Crippen LogP contribution >= 0.6 is 15.9 Å². The molecular formula is C25H29BrOSi. The van der Waals surface area contributed by atoms with Gasteiger partial charge in [-0.15, -0.1) is 0 Å². The van der Waals surface area contributed by atoms with E-state index in [1.807, 2.05) is 0 Å². The largest absolute Gasteiger partial charge is 0.543 e. The summed E-state index contributed by atoms with van der Waals surface area (Å²) in [5.74, 6) is 1.01. The second-order valence-electron chi connectivity index (χ2n) is 8.75. The predicted octanol–water partition coefficient (Wildman–Crippen LogP) is 8.30. The Bertz CT molecular complexity index is 867. The van der Waals surface area contributed by atoms with Crippen LogP contribution in [0.1, 0.15) is 26.3 Å². The van der Waals surface area contributed by atoms with Gasteiger partial charge in [-0.05, 0) is 47.0 Å². The van der Waals surface area contributed by atoms with E-state index >= 15 is 0 Å². The first-order chi connectivity index (χ1) is 13.2. The van der Waals surface area contributed by atoms with Crippen molar-refractivity contribution >= 4 is 24.2 Å². The van der Waals surface area contributed by atoms with Crippen LogP contribution in [0.15, 0.2) is 72.8 Å². The molecule has 1 nitrogen and oxygen atoms in total. The normalized spacial score (nSPS) is 12.1. The zero-order chi connectivity index (χ0) is 20.4. The third kappa shape index (κ3) is 4.42. The fourth-order valence-corrected chi connectivity index (χ4v) is 4.31. The van der Waals surface area contributed by atoms with Gasteiger partial charge in [-0.3, -0.25) is 0 Å². The summed E-state index contributed by atoms with van der Waals surface area (Å²) in [5.41, 5.74) is 5.97. The van der Waals surface area contributed by atoms with E-state index in [9.17, 15) is 0 Å². The molecule has 0 N–H and O–H groups in total. The van der Waals surface area contributed by atoms with Gasteiger partial charge in [0.2, 0.25) is 0 Å². The molecule has 0 fully saturated rings. The molecule has 146 valence electrons. The molecule has 28 heavy (non-hydrogen) atoms. The van der Waals surface area contributed by atoms with Gasteiger partial charge >= 0.3 is 0 Å². The van der Waals surface area contributed by atoms with Gasteiger partial charge in [0, 0.05) is 16.5 Å². The minimum absolute atomic E-state index is 0.128. The smallest absolute Gasteiger partial charge is 0.250 e. The van der Waals surface area contributed by atoms with Gasteiger partial charge in [-0.1, -0.05) is 97.4 Å². The van der Waals surface area contributed by atoms with E-state index in [0.717, 1.165) is 11.1 Å². The van der Waals surface area contributed by atoms with Crippen molar-refractivity contribution in [3.63, 3.8) is 0 Å². The van der Waals surface area contributed by atoms with Crippen LogP contribution in [0.5, 0.6) is 5.75 Å². The van der Waals surface area contributed by atoms with Crippen molar-refractivity contribution < 1.29 is 4.43 Å². The summed E-state index contributed by atoms with van der Waals surface area (Å²) in [6.45, 7) is 11.5. The van der Waals surface area contributed by atoms with Crippen LogP contribution in [0.4, 0.5) is 0 Å². The number of hydrogen-bond acceptors (Lipinski definition) is 1. The highest BCUT2D eigenvalue weighted by Crippen LogP contribution is 2.45. The zero-order valence-electron chi connectivity index (χ0n) is 17.4. The first kappa shape index (κ1) is 20.9. The summed E-state index contributed by atoms with van der Waals surface area (Å²) in [4.78, 5) is 0. The zero-order valence-corrected chi connectivity index (χ0v) is 20.0. The molecule has 0 amide bonds. The van der Waals surface area contributed by atoms with Gasteiger partial charge in [0.15, 0.2) is 0 Å². The van der Waals surface area contributed by atoms with E-state index in [4.69, 9.17) is 4.43 Å². The third-order valence-electron chi connectivity index (χ3n) is 5.64. The molecule has 3 aromatic rings. The number of rotatable bonds is 5. The molecule has 0 heterocycles. The lowest BCUT2D eigenvalue weighted by molar-refractivity contribution is 0.495. The van der Waals surface area contributed by atoms with E-state index in [1.54, 1.807) is 0 Å². The monoisotopic (exact) mass is 452 g/mol. The number of benzene rings is 3. The van der Waals surface area contributed by atoms with Crippen molar-refractivity contribution in [3.8, 4) is 28.0 Å². The predicted molar refractivity (Wildman–Crippen MR) is 128 cm³/mol. The molecule has 0 aromatic heterocycles. The van der Waals surface area contributed by atoms with Gasteiger partial charge < -0.3 is 4.43 Å². The van der Waals surface area contributed by atoms with Crippen LogP contribution in [0, 0.1) is 0 Å². The molecule has 0 spiro atoms.